The van der Waals surface area contributed by atoms with E-state index in [-0.39, 0.29) is 24.0 Å². The molecule has 0 unspecified atom stereocenters. The third-order valence-corrected chi connectivity index (χ3v) is 8.48. The van der Waals surface area contributed by atoms with E-state index in [9.17, 15) is 18.3 Å². The van der Waals surface area contributed by atoms with Gasteiger partial charge < -0.3 is 10.0 Å². The number of aryl methyl sites for hydroxylation is 1. The van der Waals surface area contributed by atoms with Gasteiger partial charge in [-0.1, -0.05) is 6.07 Å². The van der Waals surface area contributed by atoms with Gasteiger partial charge in [-0.25, -0.2) is 13.1 Å². The number of aromatic nitrogens is 2. The molecular weight excluding hydrogens is 392 g/mol. The Morgan fingerprint density at radius 1 is 1.28 bits per heavy atom. The van der Waals surface area contributed by atoms with Crippen LogP contribution in [0.2, 0.25) is 0 Å². The number of hydrogen-bond donors (Lipinski definition) is 1. The first-order valence-corrected chi connectivity index (χ1v) is 11.2. The molecule has 0 amide bonds. The normalized spacial score (nSPS) is 26.2. The number of piperidine rings is 2. The predicted molar refractivity (Wildman–Crippen MR) is 107 cm³/mol. The zero-order valence-corrected chi connectivity index (χ0v) is 17.5. The summed E-state index contributed by atoms with van der Waals surface area (Å²) in [5, 5.41) is 14.1. The first-order valence-electron chi connectivity index (χ1n) is 9.80. The van der Waals surface area contributed by atoms with Crippen molar-refractivity contribution < 1.29 is 18.3 Å². The smallest absolute Gasteiger partial charge is 0.311 e. The first-order chi connectivity index (χ1) is 13.8. The van der Waals surface area contributed by atoms with Crippen molar-refractivity contribution in [1.29, 1.82) is 0 Å². The van der Waals surface area contributed by atoms with Crippen molar-refractivity contribution in [3.05, 3.63) is 42.2 Å². The molecule has 0 radical (unpaired) electrons. The topological polar surface area (TPSA) is 95.7 Å². The lowest BCUT2D eigenvalue weighted by Crippen LogP contribution is -2.63. The minimum atomic E-state index is -3.76. The van der Waals surface area contributed by atoms with Gasteiger partial charge in [-0.05, 0) is 63.5 Å². The number of carboxylic acid groups (broad SMARTS) is 1. The van der Waals surface area contributed by atoms with Gasteiger partial charge in [0.2, 0.25) is 10.0 Å². The second kappa shape index (κ2) is 7.23. The number of sulfonamides is 1. The lowest BCUT2D eigenvalue weighted by Gasteiger charge is -2.51. The van der Waals surface area contributed by atoms with E-state index < -0.39 is 21.4 Å². The van der Waals surface area contributed by atoms with Crippen LogP contribution in [0.5, 0.6) is 0 Å². The highest BCUT2D eigenvalue weighted by Crippen LogP contribution is 2.43. The minimum absolute atomic E-state index is 0.191. The average Bonchev–Trinajstić information content (AvgIpc) is 3.23. The summed E-state index contributed by atoms with van der Waals surface area (Å²) in [6.07, 6.45) is 5.15. The Morgan fingerprint density at radius 2 is 2.07 bits per heavy atom. The van der Waals surface area contributed by atoms with Crippen LogP contribution in [0.4, 0.5) is 0 Å². The molecule has 0 spiro atoms. The highest BCUT2D eigenvalue weighted by Gasteiger charge is 2.53. The van der Waals surface area contributed by atoms with Gasteiger partial charge in [0.25, 0.3) is 0 Å². The molecule has 8 nitrogen and oxygen atoms in total. The maximum atomic E-state index is 13.5. The second-order valence-corrected chi connectivity index (χ2v) is 9.98. The van der Waals surface area contributed by atoms with Crippen molar-refractivity contribution in [2.45, 2.75) is 37.1 Å². The molecule has 2 fully saturated rings. The van der Waals surface area contributed by atoms with E-state index in [1.54, 1.807) is 42.2 Å². The molecule has 156 valence electrons. The zero-order chi connectivity index (χ0) is 20.8. The predicted octanol–water partition coefficient (Wildman–Crippen LogP) is 1.74. The number of carbonyl (C=O) groups is 1. The Morgan fingerprint density at radius 3 is 2.76 bits per heavy atom. The van der Waals surface area contributed by atoms with Gasteiger partial charge in [0, 0.05) is 31.5 Å². The van der Waals surface area contributed by atoms with E-state index in [0.29, 0.717) is 24.1 Å². The molecule has 2 aliphatic heterocycles. The third kappa shape index (κ3) is 3.27. The zero-order valence-electron chi connectivity index (χ0n) is 16.7. The van der Waals surface area contributed by atoms with Crippen LogP contribution in [0, 0.1) is 12.3 Å². The lowest BCUT2D eigenvalue weighted by molar-refractivity contribution is -0.160. The fourth-order valence-corrected chi connectivity index (χ4v) is 6.44. The molecule has 29 heavy (non-hydrogen) atoms. The highest BCUT2D eigenvalue weighted by molar-refractivity contribution is 7.89. The molecule has 0 aliphatic carbocycles. The van der Waals surface area contributed by atoms with Crippen LogP contribution in [-0.2, 0) is 14.8 Å². The fourth-order valence-electron chi connectivity index (χ4n) is 4.75. The molecular formula is C20H26N4O4S. The molecule has 3 heterocycles. The van der Waals surface area contributed by atoms with E-state index in [1.807, 2.05) is 18.0 Å². The quantitative estimate of drug-likeness (QED) is 0.813. The van der Waals surface area contributed by atoms with E-state index >= 15 is 0 Å². The molecule has 2 saturated heterocycles. The molecule has 4 rings (SSSR count). The van der Waals surface area contributed by atoms with Gasteiger partial charge in [0.15, 0.2) is 0 Å². The number of likely N-dealkylation sites (tertiary alicyclic amines) is 1. The molecule has 1 aromatic carbocycles. The Labute approximate surface area is 170 Å². The second-order valence-electron chi connectivity index (χ2n) is 8.07. The van der Waals surface area contributed by atoms with Gasteiger partial charge in [0.1, 0.15) is 0 Å². The maximum absolute atomic E-state index is 13.5. The molecule has 1 N–H and O–H groups in total. The molecule has 2 aliphatic rings. The summed E-state index contributed by atoms with van der Waals surface area (Å²) >= 11 is 0. The molecule has 1 aromatic heterocycles. The largest absolute Gasteiger partial charge is 0.481 e. The maximum Gasteiger partial charge on any atom is 0.311 e. The summed E-state index contributed by atoms with van der Waals surface area (Å²) in [5.74, 6) is -0.817. The molecule has 2 atom stereocenters. The SMILES string of the molecule is Cc1ccc(-n2cccn2)cc1S(=O)(=O)N1CC[C@@]2(C(=O)O)CCCN(C)[C@@H]2C1. The lowest BCUT2D eigenvalue weighted by atomic mass is 9.69. The summed E-state index contributed by atoms with van der Waals surface area (Å²) in [6.45, 7) is 2.96. The molecule has 2 aromatic rings. The molecule has 0 bridgehead atoms. The van der Waals surface area contributed by atoms with Crippen LogP contribution in [0.3, 0.4) is 0 Å². The van der Waals surface area contributed by atoms with Crippen LogP contribution in [-0.4, -0.2) is 71.2 Å². The molecule has 9 heteroatoms. The van der Waals surface area contributed by atoms with Gasteiger partial charge in [-0.15, -0.1) is 0 Å². The van der Waals surface area contributed by atoms with Crippen LogP contribution in [0.25, 0.3) is 5.69 Å². The van der Waals surface area contributed by atoms with E-state index in [4.69, 9.17) is 0 Å². The summed E-state index contributed by atoms with van der Waals surface area (Å²) in [5.41, 5.74) is 0.462. The summed E-state index contributed by atoms with van der Waals surface area (Å²) in [4.78, 5) is 14.4. The van der Waals surface area contributed by atoms with Crippen molar-refractivity contribution >= 4 is 16.0 Å². The van der Waals surface area contributed by atoms with Gasteiger partial charge >= 0.3 is 5.97 Å². The summed E-state index contributed by atoms with van der Waals surface area (Å²) in [7, 11) is -1.87. The van der Waals surface area contributed by atoms with Crippen molar-refractivity contribution in [2.75, 3.05) is 26.7 Å². The van der Waals surface area contributed by atoms with Crippen molar-refractivity contribution in [3.8, 4) is 5.69 Å². The Bertz CT molecular complexity index is 1020. The van der Waals surface area contributed by atoms with Crippen LogP contribution < -0.4 is 0 Å². The Balaban J connectivity index is 1.69. The van der Waals surface area contributed by atoms with Crippen LogP contribution in [0.15, 0.2) is 41.6 Å². The average molecular weight is 419 g/mol. The fraction of sp³-hybridized carbons (Fsp3) is 0.500. The van der Waals surface area contributed by atoms with Gasteiger partial charge in [-0.2, -0.15) is 9.40 Å². The van der Waals surface area contributed by atoms with Gasteiger partial charge in [0.05, 0.1) is 16.0 Å². The number of carboxylic acids is 1. The summed E-state index contributed by atoms with van der Waals surface area (Å²) < 4.78 is 30.1. The number of nitrogens with zero attached hydrogens (tertiary/aromatic N) is 4. The number of rotatable bonds is 4. The highest BCUT2D eigenvalue weighted by atomic mass is 32.2. The van der Waals surface area contributed by atoms with Crippen LogP contribution >= 0.6 is 0 Å². The van der Waals surface area contributed by atoms with Crippen LogP contribution in [0.1, 0.15) is 24.8 Å². The number of hydrogen-bond acceptors (Lipinski definition) is 5. The number of benzene rings is 1. The standard InChI is InChI=1S/C20H26N4O4S/c1-15-5-6-16(24-11-4-9-21-24)13-17(15)29(27,28)23-12-8-20(19(25)26)7-3-10-22(2)18(20)14-23/h4-6,9,11,13,18H,3,7-8,10,12,14H2,1-2H3,(H,25,26)/t18-,20+/m1/s1. The third-order valence-electron chi connectivity index (χ3n) is 6.47. The first kappa shape index (κ1) is 20.1. The van der Waals surface area contributed by atoms with Crippen molar-refractivity contribution in [2.24, 2.45) is 5.41 Å². The van der Waals surface area contributed by atoms with Crippen molar-refractivity contribution in [3.63, 3.8) is 0 Å². The van der Waals surface area contributed by atoms with E-state index in [1.165, 1.54) is 4.31 Å². The monoisotopic (exact) mass is 418 g/mol. The molecule has 0 saturated carbocycles. The summed E-state index contributed by atoms with van der Waals surface area (Å²) in [6, 6.07) is 6.71. The van der Waals surface area contributed by atoms with Gasteiger partial charge in [-0.3, -0.25) is 4.79 Å². The Kier molecular flexibility index (Phi) is 5.00. The Hall–Kier alpha value is -2.23. The number of fused-ring (bicyclic) bond motifs is 1. The minimum Gasteiger partial charge on any atom is -0.481 e. The van der Waals surface area contributed by atoms with E-state index in [2.05, 4.69) is 5.10 Å². The number of likely N-dealkylation sites (N-methyl/N-ethyl adjacent to an activating group) is 1. The number of aliphatic carboxylic acids is 1. The van der Waals surface area contributed by atoms with E-state index in [0.717, 1.165) is 13.0 Å². The van der Waals surface area contributed by atoms with Crippen molar-refractivity contribution in [1.82, 2.24) is 19.0 Å².